The van der Waals surface area contributed by atoms with Gasteiger partial charge in [0.05, 0.1) is 0 Å². The van der Waals surface area contributed by atoms with E-state index in [1.54, 1.807) is 13.0 Å². The number of hydrogen-bond acceptors (Lipinski definition) is 5. The lowest BCUT2D eigenvalue weighted by atomic mass is 9.92. The van der Waals surface area contributed by atoms with Gasteiger partial charge >= 0.3 is 6.03 Å². The lowest BCUT2D eigenvalue weighted by Crippen LogP contribution is -2.40. The number of urea groups is 1. The number of aromatic nitrogens is 2. The molecule has 154 valence electrons. The third-order valence-electron chi connectivity index (χ3n) is 5.27. The van der Waals surface area contributed by atoms with Crippen LogP contribution in [0.5, 0.6) is 0 Å². The van der Waals surface area contributed by atoms with Gasteiger partial charge in [0.25, 0.3) is 5.91 Å². The predicted octanol–water partition coefficient (Wildman–Crippen LogP) is 4.59. The minimum atomic E-state index is -1.16. The lowest BCUT2D eigenvalue weighted by molar-refractivity contribution is -0.131. The fourth-order valence-electron chi connectivity index (χ4n) is 3.42. The molecule has 7 nitrogen and oxygen atoms in total. The van der Waals surface area contributed by atoms with Crippen molar-refractivity contribution in [3.8, 4) is 11.4 Å². The molecule has 2 aromatic carbocycles. The number of nitrogens with one attached hydrogen (secondary N) is 1. The third kappa shape index (κ3) is 3.63. The highest BCUT2D eigenvalue weighted by Crippen LogP contribution is 2.31. The monoisotopic (exact) mass is 468 g/mol. The van der Waals surface area contributed by atoms with E-state index in [2.05, 4.69) is 45.2 Å². The topological polar surface area (TPSA) is 88.3 Å². The van der Waals surface area contributed by atoms with Crippen molar-refractivity contribution < 1.29 is 14.1 Å². The molecule has 0 aliphatic carbocycles. The van der Waals surface area contributed by atoms with Gasteiger partial charge in [-0.3, -0.25) is 9.69 Å². The van der Waals surface area contributed by atoms with Crippen molar-refractivity contribution in [3.05, 3.63) is 70.0 Å². The lowest BCUT2D eigenvalue weighted by Gasteiger charge is -2.22. The average molecular weight is 469 g/mol. The second-order valence-electron chi connectivity index (χ2n) is 7.75. The van der Waals surface area contributed by atoms with Gasteiger partial charge in [0.2, 0.25) is 11.7 Å². The number of nitrogens with zero attached hydrogens (tertiary/aromatic N) is 3. The predicted molar refractivity (Wildman–Crippen MR) is 114 cm³/mol. The Morgan fingerprint density at radius 1 is 1.17 bits per heavy atom. The smallest absolute Gasteiger partial charge is 0.325 e. The van der Waals surface area contributed by atoms with E-state index in [-0.39, 0.29) is 18.3 Å². The van der Waals surface area contributed by atoms with E-state index in [0.29, 0.717) is 17.3 Å². The molecule has 0 spiro atoms. The third-order valence-corrected chi connectivity index (χ3v) is 5.77. The van der Waals surface area contributed by atoms with Gasteiger partial charge in [0.15, 0.2) is 0 Å². The van der Waals surface area contributed by atoms with Crippen LogP contribution in [0.15, 0.2) is 57.5 Å². The summed E-state index contributed by atoms with van der Waals surface area (Å²) in [7, 11) is 0. The molecule has 1 unspecified atom stereocenters. The Hall–Kier alpha value is -3.00. The number of halogens is 1. The van der Waals surface area contributed by atoms with Gasteiger partial charge in [-0.1, -0.05) is 71.3 Å². The van der Waals surface area contributed by atoms with Crippen molar-refractivity contribution in [3.63, 3.8) is 0 Å². The summed E-state index contributed by atoms with van der Waals surface area (Å²) in [5, 5.41) is 6.77. The van der Waals surface area contributed by atoms with Crippen molar-refractivity contribution in [2.45, 2.75) is 38.8 Å². The molecule has 3 aromatic rings. The van der Waals surface area contributed by atoms with Gasteiger partial charge in [0.1, 0.15) is 12.1 Å². The van der Waals surface area contributed by atoms with Gasteiger partial charge in [0, 0.05) is 10.0 Å². The standard InChI is InChI=1S/C22H21BrN4O3/c1-13(2)14-7-9-15(10-8-14)19-24-18(30-26-19)12-27-20(28)22(3,25-21(27)29)16-5-4-6-17(23)11-16/h4-11,13H,12H2,1-3H3,(H,25,29). The van der Waals surface area contributed by atoms with Gasteiger partial charge in [-0.05, 0) is 36.1 Å². The van der Waals surface area contributed by atoms with Gasteiger partial charge in [-0.15, -0.1) is 0 Å². The number of imide groups is 1. The van der Waals surface area contributed by atoms with E-state index in [0.717, 1.165) is 14.9 Å². The van der Waals surface area contributed by atoms with Crippen molar-refractivity contribution in [2.24, 2.45) is 0 Å². The maximum Gasteiger partial charge on any atom is 0.325 e. The number of rotatable bonds is 5. The molecule has 3 amide bonds. The molecule has 2 heterocycles. The second kappa shape index (κ2) is 7.68. The van der Waals surface area contributed by atoms with Crippen LogP contribution in [-0.2, 0) is 16.9 Å². The molecule has 0 bridgehead atoms. The summed E-state index contributed by atoms with van der Waals surface area (Å²) in [4.78, 5) is 31.1. The molecule has 1 saturated heterocycles. The summed E-state index contributed by atoms with van der Waals surface area (Å²) in [6.45, 7) is 5.85. The second-order valence-corrected chi connectivity index (χ2v) is 8.66. The number of carbonyl (C=O) groups is 2. The Balaban J connectivity index is 1.54. The molecule has 1 N–H and O–H groups in total. The number of hydrogen-bond donors (Lipinski definition) is 1. The molecule has 1 aliphatic heterocycles. The van der Waals surface area contributed by atoms with E-state index in [1.165, 1.54) is 5.56 Å². The summed E-state index contributed by atoms with van der Waals surface area (Å²) < 4.78 is 6.13. The summed E-state index contributed by atoms with van der Waals surface area (Å²) in [6, 6.07) is 14.7. The normalized spacial score (nSPS) is 18.9. The largest absolute Gasteiger partial charge is 0.337 e. The molecule has 8 heteroatoms. The summed E-state index contributed by atoms with van der Waals surface area (Å²) in [5.41, 5.74) is 1.56. The van der Waals surface area contributed by atoms with E-state index < -0.39 is 11.6 Å². The molecule has 1 aromatic heterocycles. The zero-order valence-electron chi connectivity index (χ0n) is 16.8. The average Bonchev–Trinajstić information content (AvgIpc) is 3.27. The molecule has 4 rings (SSSR count). The van der Waals surface area contributed by atoms with Crippen LogP contribution in [0.1, 0.15) is 43.7 Å². The van der Waals surface area contributed by atoms with Crippen LogP contribution in [0.3, 0.4) is 0 Å². The highest BCUT2D eigenvalue weighted by atomic mass is 79.9. The maximum atomic E-state index is 13.1. The Bertz CT molecular complexity index is 1110. The van der Waals surface area contributed by atoms with Gasteiger partial charge < -0.3 is 9.84 Å². The van der Waals surface area contributed by atoms with Crippen LogP contribution in [-0.4, -0.2) is 27.0 Å². The van der Waals surface area contributed by atoms with Crippen LogP contribution in [0.25, 0.3) is 11.4 Å². The van der Waals surface area contributed by atoms with Crippen LogP contribution in [0.4, 0.5) is 4.79 Å². The van der Waals surface area contributed by atoms with Crippen LogP contribution in [0, 0.1) is 0 Å². The number of carbonyl (C=O) groups excluding carboxylic acids is 2. The first kappa shape index (κ1) is 20.3. The van der Waals surface area contributed by atoms with E-state index in [9.17, 15) is 9.59 Å². The fourth-order valence-corrected chi connectivity index (χ4v) is 3.82. The van der Waals surface area contributed by atoms with Crippen LogP contribution in [0.2, 0.25) is 0 Å². The van der Waals surface area contributed by atoms with Crippen molar-refractivity contribution in [2.75, 3.05) is 0 Å². The minimum absolute atomic E-state index is 0.0919. The molecule has 30 heavy (non-hydrogen) atoms. The summed E-state index contributed by atoms with van der Waals surface area (Å²) in [6.07, 6.45) is 0. The number of benzene rings is 2. The Kier molecular flexibility index (Phi) is 5.19. The van der Waals surface area contributed by atoms with Crippen molar-refractivity contribution in [1.29, 1.82) is 0 Å². The fraction of sp³-hybridized carbons (Fsp3) is 0.273. The maximum absolute atomic E-state index is 13.1. The molecule has 0 saturated carbocycles. The highest BCUT2D eigenvalue weighted by Gasteiger charge is 2.49. The molecule has 1 fully saturated rings. The van der Waals surface area contributed by atoms with Crippen LogP contribution >= 0.6 is 15.9 Å². The van der Waals surface area contributed by atoms with Gasteiger partial charge in [-0.25, -0.2) is 4.79 Å². The summed E-state index contributed by atoms with van der Waals surface area (Å²) >= 11 is 3.40. The van der Waals surface area contributed by atoms with Crippen LogP contribution < -0.4 is 5.32 Å². The molecule has 0 radical (unpaired) electrons. The zero-order chi connectivity index (χ0) is 21.5. The number of amides is 3. The first-order chi connectivity index (χ1) is 14.3. The van der Waals surface area contributed by atoms with Crippen molar-refractivity contribution >= 4 is 27.9 Å². The van der Waals surface area contributed by atoms with E-state index in [4.69, 9.17) is 4.52 Å². The quantitative estimate of drug-likeness (QED) is 0.553. The molecular formula is C22H21BrN4O3. The zero-order valence-corrected chi connectivity index (χ0v) is 18.4. The SMILES string of the molecule is CC(C)c1ccc(-c2noc(CN3C(=O)NC(C)(c4cccc(Br)c4)C3=O)n2)cc1. The Morgan fingerprint density at radius 3 is 2.57 bits per heavy atom. The Labute approximate surface area is 182 Å². The highest BCUT2D eigenvalue weighted by molar-refractivity contribution is 9.10. The van der Waals surface area contributed by atoms with E-state index >= 15 is 0 Å². The van der Waals surface area contributed by atoms with E-state index in [1.807, 2.05) is 42.5 Å². The van der Waals surface area contributed by atoms with Gasteiger partial charge in [-0.2, -0.15) is 4.98 Å². The summed E-state index contributed by atoms with van der Waals surface area (Å²) in [5.74, 6) is 0.674. The minimum Gasteiger partial charge on any atom is -0.337 e. The van der Waals surface area contributed by atoms with Crippen molar-refractivity contribution in [1.82, 2.24) is 20.4 Å². The molecule has 1 aliphatic rings. The first-order valence-corrected chi connectivity index (χ1v) is 10.4. The molecule has 1 atom stereocenters. The molecular weight excluding hydrogens is 448 g/mol. The first-order valence-electron chi connectivity index (χ1n) is 9.61. The Morgan fingerprint density at radius 2 is 1.90 bits per heavy atom.